The molecule has 0 aromatic heterocycles. The third kappa shape index (κ3) is 6.66. The number of piperidine rings is 1. The number of likely N-dealkylation sites (tertiary alicyclic amines) is 1. The summed E-state index contributed by atoms with van der Waals surface area (Å²) in [6, 6.07) is 10.1. The Bertz CT molecular complexity index is 1310. The number of carboxylic acid groups (broad SMARTS) is 1. The van der Waals surface area contributed by atoms with Gasteiger partial charge in [0.15, 0.2) is 0 Å². The van der Waals surface area contributed by atoms with Gasteiger partial charge < -0.3 is 24.4 Å². The molecule has 0 bridgehead atoms. The van der Waals surface area contributed by atoms with Crippen LogP contribution >= 0.6 is 11.8 Å². The summed E-state index contributed by atoms with van der Waals surface area (Å²) < 4.78 is 11.5. The molecule has 2 aromatic rings. The highest BCUT2D eigenvalue weighted by molar-refractivity contribution is 8.01. The number of benzene rings is 2. The number of nitrogens with zero attached hydrogens (tertiary/aromatic N) is 2. The molecule has 0 unspecified atom stereocenters. The Kier molecular flexibility index (Phi) is 9.26. The van der Waals surface area contributed by atoms with Gasteiger partial charge in [0.05, 0.1) is 30.6 Å². The molecule has 2 amide bonds. The Morgan fingerprint density at radius 3 is 2.29 bits per heavy atom. The van der Waals surface area contributed by atoms with Gasteiger partial charge in [-0.1, -0.05) is 44.5 Å². The van der Waals surface area contributed by atoms with Crippen LogP contribution in [0.4, 0.5) is 5.69 Å². The van der Waals surface area contributed by atoms with Crippen molar-refractivity contribution >= 4 is 35.2 Å². The highest BCUT2D eigenvalue weighted by Crippen LogP contribution is 2.51. The number of fused-ring (bicyclic) bond motifs is 1. The molecule has 0 aliphatic carbocycles. The number of aliphatic carboxylic acids is 1. The van der Waals surface area contributed by atoms with Gasteiger partial charge >= 0.3 is 5.97 Å². The number of aryl methyl sites for hydroxylation is 1. The molecule has 2 aliphatic heterocycles. The minimum atomic E-state index is -0.816. The third-order valence-electron chi connectivity index (χ3n) is 7.88. The lowest BCUT2D eigenvalue weighted by molar-refractivity contribution is -0.145. The fourth-order valence-corrected chi connectivity index (χ4v) is 7.27. The first-order valence-corrected chi connectivity index (χ1v) is 15.1. The molecule has 41 heavy (non-hydrogen) atoms. The lowest BCUT2D eigenvalue weighted by atomic mass is 9.93. The smallest absolute Gasteiger partial charge is 0.306 e. The van der Waals surface area contributed by atoms with Crippen LogP contribution in [0.3, 0.4) is 0 Å². The summed E-state index contributed by atoms with van der Waals surface area (Å²) in [4.78, 5) is 42.9. The predicted molar refractivity (Wildman–Crippen MR) is 162 cm³/mol. The van der Waals surface area contributed by atoms with E-state index in [1.54, 1.807) is 19.1 Å². The average molecular weight is 583 g/mol. The molecule has 4 rings (SSSR count). The molecular weight excluding hydrogens is 540 g/mol. The second-order valence-electron chi connectivity index (χ2n) is 12.3. The number of carbonyl (C=O) groups excluding carboxylic acids is 2. The summed E-state index contributed by atoms with van der Waals surface area (Å²) in [6.07, 6.45) is 0.903. The zero-order chi connectivity index (χ0) is 30.1. The normalized spacial score (nSPS) is 19.9. The number of methoxy groups -OCH3 is 2. The first-order chi connectivity index (χ1) is 19.3. The van der Waals surface area contributed by atoms with E-state index in [0.29, 0.717) is 38.2 Å². The van der Waals surface area contributed by atoms with Gasteiger partial charge in [-0.15, -0.1) is 11.8 Å². The van der Waals surface area contributed by atoms with E-state index in [1.165, 1.54) is 11.8 Å². The summed E-state index contributed by atoms with van der Waals surface area (Å²) in [7, 11) is 3.27. The minimum absolute atomic E-state index is 0.0444. The van der Waals surface area contributed by atoms with Crippen molar-refractivity contribution < 1.29 is 29.0 Å². The predicted octanol–water partition coefficient (Wildman–Crippen LogP) is 5.62. The Morgan fingerprint density at radius 1 is 1.02 bits per heavy atom. The van der Waals surface area contributed by atoms with Crippen molar-refractivity contribution in [1.82, 2.24) is 4.90 Å². The van der Waals surface area contributed by atoms with E-state index in [-0.39, 0.29) is 28.9 Å². The van der Waals surface area contributed by atoms with E-state index >= 15 is 0 Å². The molecule has 0 radical (unpaired) electrons. The number of rotatable bonds is 7. The van der Waals surface area contributed by atoms with Crippen LogP contribution in [0.1, 0.15) is 67.5 Å². The molecule has 222 valence electrons. The van der Waals surface area contributed by atoms with Gasteiger partial charge in [0.1, 0.15) is 11.5 Å². The molecule has 2 aromatic carbocycles. The van der Waals surface area contributed by atoms with Gasteiger partial charge in [-0.3, -0.25) is 14.4 Å². The number of carboxylic acids is 1. The Morgan fingerprint density at radius 2 is 1.71 bits per heavy atom. The molecule has 0 saturated carbocycles. The summed E-state index contributed by atoms with van der Waals surface area (Å²) in [5.74, 6) is -0.0284. The van der Waals surface area contributed by atoms with E-state index < -0.39 is 17.1 Å². The summed E-state index contributed by atoms with van der Waals surface area (Å²) >= 11 is 1.49. The Balaban J connectivity index is 1.78. The first kappa shape index (κ1) is 30.8. The van der Waals surface area contributed by atoms with Gasteiger partial charge in [-0.2, -0.15) is 0 Å². The number of ether oxygens (including phenoxy) is 2. The summed E-state index contributed by atoms with van der Waals surface area (Å²) in [6.45, 7) is 11.6. The van der Waals surface area contributed by atoms with Crippen molar-refractivity contribution in [3.8, 4) is 11.5 Å². The largest absolute Gasteiger partial charge is 0.496 e. The standard InChI is InChI=1S/C32H42N2O6S/c1-19-8-10-24-23(16-19)29(22-9-11-25(39-6)20(2)28(22)40-7)41-26(30(36)34(24)18-32(3,4)5)17-27(35)33-14-12-21(13-15-33)31(37)38/h8-11,16,21,26,29H,12-15,17-18H2,1-7H3,(H,37,38)/t26-,29-/m0/s1. The van der Waals surface area contributed by atoms with Gasteiger partial charge in [0.2, 0.25) is 11.8 Å². The number of hydrogen-bond donors (Lipinski definition) is 1. The van der Waals surface area contributed by atoms with Crippen molar-refractivity contribution in [3.05, 3.63) is 52.6 Å². The van der Waals surface area contributed by atoms with E-state index in [2.05, 4.69) is 26.8 Å². The molecule has 9 heteroatoms. The van der Waals surface area contributed by atoms with Crippen LogP contribution in [-0.4, -0.2) is 66.9 Å². The van der Waals surface area contributed by atoms with Gasteiger partial charge in [0.25, 0.3) is 0 Å². The summed E-state index contributed by atoms with van der Waals surface area (Å²) in [5, 5.41) is 8.47. The minimum Gasteiger partial charge on any atom is -0.496 e. The second-order valence-corrected chi connectivity index (χ2v) is 13.6. The molecule has 2 atom stereocenters. The maximum atomic E-state index is 14.3. The SMILES string of the molecule is COc1ccc([C@@H]2S[C@@H](CC(=O)N3CCC(C(=O)O)CC3)C(=O)N(CC(C)(C)C)c3ccc(C)cc32)c(OC)c1C. The lowest BCUT2D eigenvalue weighted by Gasteiger charge is -2.33. The van der Waals surface area contributed by atoms with Crippen LogP contribution < -0.4 is 14.4 Å². The molecule has 1 saturated heterocycles. The number of carbonyl (C=O) groups is 3. The zero-order valence-corrected chi connectivity index (χ0v) is 26.0. The number of anilines is 1. The summed E-state index contributed by atoms with van der Waals surface area (Å²) in [5.41, 5.74) is 4.56. The van der Waals surface area contributed by atoms with Crippen molar-refractivity contribution in [2.24, 2.45) is 11.3 Å². The van der Waals surface area contributed by atoms with Gasteiger partial charge in [0, 0.05) is 42.9 Å². The van der Waals surface area contributed by atoms with E-state index in [4.69, 9.17) is 9.47 Å². The Labute approximate surface area is 247 Å². The molecule has 2 heterocycles. The Hall–Kier alpha value is -3.20. The van der Waals surface area contributed by atoms with Crippen molar-refractivity contribution in [1.29, 1.82) is 0 Å². The topological polar surface area (TPSA) is 96.4 Å². The average Bonchev–Trinajstić information content (AvgIpc) is 3.02. The molecule has 1 N–H and O–H groups in total. The maximum absolute atomic E-state index is 14.3. The third-order valence-corrected chi connectivity index (χ3v) is 9.36. The lowest BCUT2D eigenvalue weighted by Crippen LogP contribution is -2.45. The molecule has 8 nitrogen and oxygen atoms in total. The van der Waals surface area contributed by atoms with Crippen molar-refractivity contribution in [2.45, 2.75) is 64.4 Å². The number of hydrogen-bond acceptors (Lipinski definition) is 6. The van der Waals surface area contributed by atoms with Crippen LogP contribution in [0.2, 0.25) is 0 Å². The van der Waals surface area contributed by atoms with Gasteiger partial charge in [-0.05, 0) is 49.8 Å². The fourth-order valence-electron chi connectivity index (χ4n) is 5.79. The highest BCUT2D eigenvalue weighted by Gasteiger charge is 2.41. The monoisotopic (exact) mass is 582 g/mol. The molecule has 1 fully saturated rings. The van der Waals surface area contributed by atoms with E-state index in [0.717, 1.165) is 33.7 Å². The number of amides is 2. The van der Waals surface area contributed by atoms with Crippen molar-refractivity contribution in [2.75, 3.05) is 38.8 Å². The van der Waals surface area contributed by atoms with Crippen LogP contribution in [0.15, 0.2) is 30.3 Å². The molecule has 0 spiro atoms. The second kappa shape index (κ2) is 12.3. The van der Waals surface area contributed by atoms with Crippen LogP contribution in [0, 0.1) is 25.2 Å². The molecule has 2 aliphatic rings. The van der Waals surface area contributed by atoms with Crippen LogP contribution in [0.5, 0.6) is 11.5 Å². The quantitative estimate of drug-likeness (QED) is 0.453. The van der Waals surface area contributed by atoms with Gasteiger partial charge in [-0.25, -0.2) is 0 Å². The maximum Gasteiger partial charge on any atom is 0.306 e. The van der Waals surface area contributed by atoms with E-state index in [1.807, 2.05) is 43.0 Å². The van der Waals surface area contributed by atoms with Crippen LogP contribution in [0.25, 0.3) is 0 Å². The zero-order valence-electron chi connectivity index (χ0n) is 25.2. The van der Waals surface area contributed by atoms with E-state index in [9.17, 15) is 19.5 Å². The number of thioether (sulfide) groups is 1. The fraction of sp³-hybridized carbons (Fsp3) is 0.531. The van der Waals surface area contributed by atoms with Crippen LogP contribution in [-0.2, 0) is 14.4 Å². The highest BCUT2D eigenvalue weighted by atomic mass is 32.2. The van der Waals surface area contributed by atoms with Crippen molar-refractivity contribution in [3.63, 3.8) is 0 Å². The molecular formula is C32H42N2O6S. The first-order valence-electron chi connectivity index (χ1n) is 14.1.